The number of carbonyl (C=O) groups is 2. The lowest BCUT2D eigenvalue weighted by molar-refractivity contribution is -0.142. The number of para-hydroxylation sites is 2. The maximum atomic E-state index is 11.9. The monoisotopic (exact) mass is 403 g/mol. The SMILES string of the molecule is COc1ccccc1NC(=O)COC(=O)/C=C/c1ccc(C)cc1Br. The van der Waals surface area contributed by atoms with E-state index < -0.39 is 11.9 Å². The summed E-state index contributed by atoms with van der Waals surface area (Å²) in [6.45, 7) is 1.60. The van der Waals surface area contributed by atoms with Crippen LogP contribution in [0.15, 0.2) is 53.0 Å². The fourth-order valence-electron chi connectivity index (χ4n) is 2.04. The Kier molecular flexibility index (Phi) is 6.77. The molecular formula is C19H18BrNO4. The molecule has 0 heterocycles. The topological polar surface area (TPSA) is 64.6 Å². The number of nitrogens with one attached hydrogen (secondary N) is 1. The van der Waals surface area contributed by atoms with E-state index in [0.29, 0.717) is 11.4 Å². The summed E-state index contributed by atoms with van der Waals surface area (Å²) in [5, 5.41) is 2.63. The molecule has 0 aliphatic carbocycles. The predicted molar refractivity (Wildman–Crippen MR) is 100 cm³/mol. The highest BCUT2D eigenvalue weighted by Crippen LogP contribution is 2.23. The number of ether oxygens (including phenoxy) is 2. The first-order valence-corrected chi connectivity index (χ1v) is 8.33. The molecule has 0 bridgehead atoms. The zero-order chi connectivity index (χ0) is 18.2. The van der Waals surface area contributed by atoms with Crippen LogP contribution in [-0.4, -0.2) is 25.6 Å². The van der Waals surface area contributed by atoms with E-state index in [1.807, 2.05) is 25.1 Å². The van der Waals surface area contributed by atoms with E-state index >= 15 is 0 Å². The van der Waals surface area contributed by atoms with Crippen LogP contribution in [0.4, 0.5) is 5.69 Å². The molecular weight excluding hydrogens is 386 g/mol. The fraction of sp³-hybridized carbons (Fsp3) is 0.158. The number of anilines is 1. The second kappa shape index (κ2) is 9.03. The first kappa shape index (κ1) is 18.7. The summed E-state index contributed by atoms with van der Waals surface area (Å²) in [6, 6.07) is 12.8. The average Bonchev–Trinajstić information content (AvgIpc) is 2.59. The van der Waals surface area contributed by atoms with Crippen LogP contribution in [0.2, 0.25) is 0 Å². The van der Waals surface area contributed by atoms with Crippen LogP contribution in [0.5, 0.6) is 5.75 Å². The minimum Gasteiger partial charge on any atom is -0.495 e. The zero-order valence-electron chi connectivity index (χ0n) is 13.9. The fourth-order valence-corrected chi connectivity index (χ4v) is 2.67. The third-order valence-electron chi connectivity index (χ3n) is 3.28. The number of hydrogen-bond donors (Lipinski definition) is 1. The van der Waals surface area contributed by atoms with Crippen molar-refractivity contribution in [3.8, 4) is 5.75 Å². The van der Waals surface area contributed by atoms with Crippen molar-refractivity contribution in [3.63, 3.8) is 0 Å². The molecule has 0 saturated heterocycles. The third-order valence-corrected chi connectivity index (χ3v) is 3.97. The Bertz CT molecular complexity index is 802. The smallest absolute Gasteiger partial charge is 0.331 e. The molecule has 2 aromatic rings. The summed E-state index contributed by atoms with van der Waals surface area (Å²) < 4.78 is 11.0. The van der Waals surface area contributed by atoms with Crippen molar-refractivity contribution < 1.29 is 19.1 Å². The van der Waals surface area contributed by atoms with Gasteiger partial charge in [0, 0.05) is 10.5 Å². The van der Waals surface area contributed by atoms with E-state index in [2.05, 4.69) is 21.2 Å². The summed E-state index contributed by atoms with van der Waals surface area (Å²) in [5.41, 5.74) is 2.48. The average molecular weight is 404 g/mol. The summed E-state index contributed by atoms with van der Waals surface area (Å²) in [6.07, 6.45) is 2.91. The number of rotatable bonds is 6. The van der Waals surface area contributed by atoms with Crippen molar-refractivity contribution >= 4 is 39.6 Å². The van der Waals surface area contributed by atoms with Gasteiger partial charge in [-0.3, -0.25) is 4.79 Å². The lowest BCUT2D eigenvalue weighted by atomic mass is 10.1. The van der Waals surface area contributed by atoms with E-state index in [1.165, 1.54) is 13.2 Å². The molecule has 25 heavy (non-hydrogen) atoms. The first-order chi connectivity index (χ1) is 12.0. The Morgan fingerprint density at radius 2 is 1.96 bits per heavy atom. The minimum atomic E-state index is -0.595. The maximum Gasteiger partial charge on any atom is 0.331 e. The second-order valence-corrected chi connectivity index (χ2v) is 6.07. The van der Waals surface area contributed by atoms with Crippen LogP contribution < -0.4 is 10.1 Å². The van der Waals surface area contributed by atoms with Gasteiger partial charge < -0.3 is 14.8 Å². The molecule has 0 saturated carbocycles. The van der Waals surface area contributed by atoms with Gasteiger partial charge in [0.15, 0.2) is 6.61 Å². The van der Waals surface area contributed by atoms with Crippen LogP contribution >= 0.6 is 15.9 Å². The molecule has 6 heteroatoms. The van der Waals surface area contributed by atoms with Crippen LogP contribution in [-0.2, 0) is 14.3 Å². The predicted octanol–water partition coefficient (Wildman–Crippen LogP) is 3.96. The summed E-state index contributed by atoms with van der Waals surface area (Å²) >= 11 is 3.43. The van der Waals surface area contributed by atoms with Crippen LogP contribution in [0, 0.1) is 6.92 Å². The van der Waals surface area contributed by atoms with E-state index in [-0.39, 0.29) is 6.61 Å². The van der Waals surface area contributed by atoms with Crippen molar-refractivity contribution in [3.05, 3.63) is 64.1 Å². The summed E-state index contributed by atoms with van der Waals surface area (Å²) in [5.74, 6) is -0.503. The highest BCUT2D eigenvalue weighted by atomic mass is 79.9. The van der Waals surface area contributed by atoms with Gasteiger partial charge in [-0.05, 0) is 42.3 Å². The second-order valence-electron chi connectivity index (χ2n) is 5.21. The summed E-state index contributed by atoms with van der Waals surface area (Å²) in [4.78, 5) is 23.6. The Labute approximate surface area is 154 Å². The number of amides is 1. The molecule has 0 fully saturated rings. The lowest BCUT2D eigenvalue weighted by Gasteiger charge is -2.09. The van der Waals surface area contributed by atoms with Crippen LogP contribution in [0.1, 0.15) is 11.1 Å². The molecule has 0 spiro atoms. The molecule has 1 N–H and O–H groups in total. The van der Waals surface area contributed by atoms with Gasteiger partial charge in [0.25, 0.3) is 5.91 Å². The quantitative estimate of drug-likeness (QED) is 0.585. The standard InChI is InChI=1S/C19H18BrNO4/c1-13-7-8-14(15(20)11-13)9-10-19(23)25-12-18(22)21-16-5-3-4-6-17(16)24-2/h3-11H,12H2,1-2H3,(H,21,22)/b10-9+. The Morgan fingerprint density at radius 3 is 2.68 bits per heavy atom. The Morgan fingerprint density at radius 1 is 1.20 bits per heavy atom. The van der Waals surface area contributed by atoms with Crippen molar-refractivity contribution in [1.29, 1.82) is 0 Å². The zero-order valence-corrected chi connectivity index (χ0v) is 15.5. The molecule has 1 amide bonds. The molecule has 0 aliphatic heterocycles. The van der Waals surface area contributed by atoms with Gasteiger partial charge in [0.1, 0.15) is 5.75 Å². The van der Waals surface area contributed by atoms with Gasteiger partial charge >= 0.3 is 5.97 Å². The number of carbonyl (C=O) groups excluding carboxylic acids is 2. The maximum absolute atomic E-state index is 11.9. The number of halogens is 1. The molecule has 2 rings (SSSR count). The normalized spacial score (nSPS) is 10.5. The number of methoxy groups -OCH3 is 1. The van der Waals surface area contributed by atoms with Gasteiger partial charge in [-0.15, -0.1) is 0 Å². The lowest BCUT2D eigenvalue weighted by Crippen LogP contribution is -2.20. The summed E-state index contributed by atoms with van der Waals surface area (Å²) in [7, 11) is 1.51. The van der Waals surface area contributed by atoms with Gasteiger partial charge in [0.2, 0.25) is 0 Å². The molecule has 2 aromatic carbocycles. The van der Waals surface area contributed by atoms with Crippen molar-refractivity contribution in [2.24, 2.45) is 0 Å². The van der Waals surface area contributed by atoms with Crippen LogP contribution in [0.3, 0.4) is 0 Å². The highest BCUT2D eigenvalue weighted by molar-refractivity contribution is 9.10. The van der Waals surface area contributed by atoms with Gasteiger partial charge in [0.05, 0.1) is 12.8 Å². The molecule has 0 aromatic heterocycles. The molecule has 0 aliphatic rings. The molecule has 0 unspecified atom stereocenters. The Hall–Kier alpha value is -2.60. The van der Waals surface area contributed by atoms with Crippen molar-refractivity contribution in [2.45, 2.75) is 6.92 Å². The largest absolute Gasteiger partial charge is 0.495 e. The van der Waals surface area contributed by atoms with E-state index in [4.69, 9.17) is 9.47 Å². The molecule has 0 atom stereocenters. The first-order valence-electron chi connectivity index (χ1n) is 7.53. The Balaban J connectivity index is 1.87. The minimum absolute atomic E-state index is 0.379. The van der Waals surface area contributed by atoms with Gasteiger partial charge in [-0.2, -0.15) is 0 Å². The molecule has 5 nitrogen and oxygen atoms in total. The third kappa shape index (κ3) is 5.76. The van der Waals surface area contributed by atoms with Crippen molar-refractivity contribution in [2.75, 3.05) is 19.0 Å². The molecule has 0 radical (unpaired) electrons. The number of hydrogen-bond acceptors (Lipinski definition) is 4. The number of benzene rings is 2. The van der Waals surface area contributed by atoms with Crippen molar-refractivity contribution in [1.82, 2.24) is 0 Å². The highest BCUT2D eigenvalue weighted by Gasteiger charge is 2.09. The van der Waals surface area contributed by atoms with Crippen LogP contribution in [0.25, 0.3) is 6.08 Å². The van der Waals surface area contributed by atoms with Gasteiger partial charge in [-0.1, -0.05) is 40.2 Å². The molecule has 130 valence electrons. The van der Waals surface area contributed by atoms with Gasteiger partial charge in [-0.25, -0.2) is 4.79 Å². The number of esters is 1. The van der Waals surface area contributed by atoms with E-state index in [9.17, 15) is 9.59 Å². The van der Waals surface area contributed by atoms with E-state index in [0.717, 1.165) is 15.6 Å². The van der Waals surface area contributed by atoms with E-state index in [1.54, 1.807) is 30.3 Å². The number of aryl methyl sites for hydroxylation is 1.